The predicted molar refractivity (Wildman–Crippen MR) is 68.4 cm³/mol. The molecule has 19 heavy (non-hydrogen) atoms. The van der Waals surface area contributed by atoms with Crippen molar-refractivity contribution >= 4 is 0 Å². The van der Waals surface area contributed by atoms with Crippen molar-refractivity contribution in [3.63, 3.8) is 0 Å². The highest BCUT2D eigenvalue weighted by molar-refractivity contribution is 4.94. The minimum absolute atomic E-state index is 0.582. The van der Waals surface area contributed by atoms with Crippen LogP contribution in [0.2, 0.25) is 0 Å². The van der Waals surface area contributed by atoms with E-state index in [4.69, 9.17) is 4.74 Å². The van der Waals surface area contributed by atoms with E-state index < -0.39 is 0 Å². The average molecular weight is 265 g/mol. The molecule has 0 saturated carbocycles. The van der Waals surface area contributed by atoms with E-state index in [0.717, 1.165) is 24.6 Å². The maximum Gasteiger partial charge on any atom is 0.148 e. The maximum absolute atomic E-state index is 4.96. The molecular formula is C11H19N7O. The van der Waals surface area contributed by atoms with Crippen LogP contribution in [0.25, 0.3) is 0 Å². The normalized spacial score (nSPS) is 11.1. The molecule has 104 valence electrons. The van der Waals surface area contributed by atoms with Crippen molar-refractivity contribution in [1.29, 1.82) is 0 Å². The van der Waals surface area contributed by atoms with Crippen molar-refractivity contribution in [2.75, 3.05) is 20.3 Å². The summed E-state index contributed by atoms with van der Waals surface area (Å²) in [6, 6.07) is 0. The Hall–Kier alpha value is -1.80. The van der Waals surface area contributed by atoms with Crippen molar-refractivity contribution in [2.45, 2.75) is 26.6 Å². The van der Waals surface area contributed by atoms with Crippen LogP contribution in [0.3, 0.4) is 0 Å². The standard InChI is InChI=1S/C11H19N7O/c1-3-18-11(13-9-14-18)8-17-7-10(15-16-17)6-12-4-5-19-2/h7,9,12H,3-6,8H2,1-2H3. The topological polar surface area (TPSA) is 82.7 Å². The zero-order valence-corrected chi connectivity index (χ0v) is 11.3. The fourth-order valence-electron chi connectivity index (χ4n) is 1.71. The van der Waals surface area contributed by atoms with E-state index in [0.29, 0.717) is 19.7 Å². The summed E-state index contributed by atoms with van der Waals surface area (Å²) in [5, 5.41) is 15.5. The Bertz CT molecular complexity index is 493. The lowest BCUT2D eigenvalue weighted by Crippen LogP contribution is -2.18. The summed E-state index contributed by atoms with van der Waals surface area (Å²) in [6.45, 7) is 5.59. The molecule has 0 saturated heterocycles. The van der Waals surface area contributed by atoms with Gasteiger partial charge in [-0.3, -0.25) is 0 Å². The third kappa shape index (κ3) is 3.83. The van der Waals surface area contributed by atoms with Crippen LogP contribution in [-0.4, -0.2) is 50.0 Å². The van der Waals surface area contributed by atoms with Gasteiger partial charge in [0.25, 0.3) is 0 Å². The Morgan fingerprint density at radius 2 is 2.32 bits per heavy atom. The van der Waals surface area contributed by atoms with Crippen LogP contribution in [0, 0.1) is 0 Å². The summed E-state index contributed by atoms with van der Waals surface area (Å²) in [5.41, 5.74) is 0.902. The molecule has 0 aliphatic rings. The minimum Gasteiger partial charge on any atom is -0.383 e. The summed E-state index contributed by atoms with van der Waals surface area (Å²) in [6.07, 6.45) is 3.47. The molecule has 0 fully saturated rings. The van der Waals surface area contributed by atoms with Gasteiger partial charge in [0.15, 0.2) is 0 Å². The number of rotatable bonds is 8. The first kappa shape index (κ1) is 13.6. The van der Waals surface area contributed by atoms with Gasteiger partial charge in [-0.25, -0.2) is 14.3 Å². The van der Waals surface area contributed by atoms with Crippen LogP contribution in [0.15, 0.2) is 12.5 Å². The summed E-state index contributed by atoms with van der Waals surface area (Å²) in [7, 11) is 1.68. The lowest BCUT2D eigenvalue weighted by molar-refractivity contribution is 0.199. The Morgan fingerprint density at radius 1 is 1.42 bits per heavy atom. The summed E-state index contributed by atoms with van der Waals surface area (Å²) in [5.74, 6) is 0.881. The van der Waals surface area contributed by atoms with Crippen molar-refractivity contribution in [3.05, 3.63) is 24.0 Å². The second-order valence-corrected chi connectivity index (χ2v) is 4.07. The molecular weight excluding hydrogens is 246 g/mol. The molecule has 2 aromatic heterocycles. The Morgan fingerprint density at radius 3 is 3.11 bits per heavy atom. The van der Waals surface area contributed by atoms with Gasteiger partial charge in [0.1, 0.15) is 18.7 Å². The molecule has 0 amide bonds. The van der Waals surface area contributed by atoms with Gasteiger partial charge in [-0.1, -0.05) is 5.21 Å². The number of methoxy groups -OCH3 is 1. The first-order valence-electron chi connectivity index (χ1n) is 6.28. The van der Waals surface area contributed by atoms with Crippen LogP contribution < -0.4 is 5.32 Å². The van der Waals surface area contributed by atoms with Gasteiger partial charge in [-0.15, -0.1) is 5.10 Å². The van der Waals surface area contributed by atoms with E-state index >= 15 is 0 Å². The SMILES string of the molecule is CCn1ncnc1Cn1cc(CNCCOC)nn1. The molecule has 2 aromatic rings. The highest BCUT2D eigenvalue weighted by atomic mass is 16.5. The number of aromatic nitrogens is 6. The molecule has 0 aliphatic heterocycles. The molecule has 2 heterocycles. The number of nitrogens with one attached hydrogen (secondary N) is 1. The van der Waals surface area contributed by atoms with Gasteiger partial charge in [-0.05, 0) is 6.92 Å². The first-order valence-corrected chi connectivity index (χ1v) is 6.28. The fraction of sp³-hybridized carbons (Fsp3) is 0.636. The van der Waals surface area contributed by atoms with E-state index in [1.807, 2.05) is 17.8 Å². The molecule has 0 spiro atoms. The van der Waals surface area contributed by atoms with E-state index in [1.165, 1.54) is 0 Å². The molecule has 1 N–H and O–H groups in total. The molecule has 0 aliphatic carbocycles. The lowest BCUT2D eigenvalue weighted by Gasteiger charge is -2.02. The van der Waals surface area contributed by atoms with E-state index in [2.05, 4.69) is 25.7 Å². The third-order valence-corrected chi connectivity index (χ3v) is 2.67. The van der Waals surface area contributed by atoms with Gasteiger partial charge < -0.3 is 10.1 Å². The van der Waals surface area contributed by atoms with Gasteiger partial charge in [0, 0.05) is 26.7 Å². The average Bonchev–Trinajstić information content (AvgIpc) is 3.04. The minimum atomic E-state index is 0.582. The molecule has 0 radical (unpaired) electrons. The van der Waals surface area contributed by atoms with Crippen molar-refractivity contribution in [3.8, 4) is 0 Å². The number of hydrogen-bond donors (Lipinski definition) is 1. The highest BCUT2D eigenvalue weighted by Crippen LogP contribution is 1.99. The van der Waals surface area contributed by atoms with E-state index in [-0.39, 0.29) is 0 Å². The van der Waals surface area contributed by atoms with E-state index in [9.17, 15) is 0 Å². The van der Waals surface area contributed by atoms with Crippen LogP contribution in [0.5, 0.6) is 0 Å². The van der Waals surface area contributed by atoms with Gasteiger partial charge >= 0.3 is 0 Å². The molecule has 8 heteroatoms. The number of nitrogens with zero attached hydrogens (tertiary/aromatic N) is 6. The van der Waals surface area contributed by atoms with Crippen molar-refractivity contribution in [1.82, 2.24) is 35.1 Å². The van der Waals surface area contributed by atoms with Crippen molar-refractivity contribution < 1.29 is 4.74 Å². The second-order valence-electron chi connectivity index (χ2n) is 4.07. The van der Waals surface area contributed by atoms with Crippen molar-refractivity contribution in [2.24, 2.45) is 0 Å². The smallest absolute Gasteiger partial charge is 0.148 e. The number of ether oxygens (including phenoxy) is 1. The monoisotopic (exact) mass is 265 g/mol. The number of hydrogen-bond acceptors (Lipinski definition) is 6. The van der Waals surface area contributed by atoms with Crippen LogP contribution >= 0.6 is 0 Å². The molecule has 2 rings (SSSR count). The number of aryl methyl sites for hydroxylation is 1. The first-order chi connectivity index (χ1) is 9.33. The highest BCUT2D eigenvalue weighted by Gasteiger charge is 2.06. The van der Waals surface area contributed by atoms with Gasteiger partial charge in [0.2, 0.25) is 0 Å². The van der Waals surface area contributed by atoms with Crippen LogP contribution in [0.1, 0.15) is 18.4 Å². The summed E-state index contributed by atoms with van der Waals surface area (Å²) >= 11 is 0. The lowest BCUT2D eigenvalue weighted by atomic mass is 10.4. The zero-order valence-electron chi connectivity index (χ0n) is 11.3. The van der Waals surface area contributed by atoms with Gasteiger partial charge in [0.05, 0.1) is 18.5 Å². The molecule has 0 atom stereocenters. The Labute approximate surface area is 111 Å². The quantitative estimate of drug-likeness (QED) is 0.658. The predicted octanol–water partition coefficient (Wildman–Crippen LogP) is -0.326. The molecule has 8 nitrogen and oxygen atoms in total. The van der Waals surface area contributed by atoms with Gasteiger partial charge in [-0.2, -0.15) is 5.10 Å². The Balaban J connectivity index is 1.87. The fourth-order valence-corrected chi connectivity index (χ4v) is 1.71. The second kappa shape index (κ2) is 6.95. The molecule has 0 aromatic carbocycles. The summed E-state index contributed by atoms with van der Waals surface area (Å²) in [4.78, 5) is 4.21. The van der Waals surface area contributed by atoms with Crippen LogP contribution in [-0.2, 0) is 24.4 Å². The molecule has 0 bridgehead atoms. The molecule has 0 unspecified atom stereocenters. The zero-order chi connectivity index (χ0) is 13.5. The maximum atomic E-state index is 4.96. The van der Waals surface area contributed by atoms with E-state index in [1.54, 1.807) is 18.1 Å². The van der Waals surface area contributed by atoms with Crippen LogP contribution in [0.4, 0.5) is 0 Å². The Kier molecular flexibility index (Phi) is 4.99. The summed E-state index contributed by atoms with van der Waals surface area (Å²) < 4.78 is 8.57. The largest absolute Gasteiger partial charge is 0.383 e. The third-order valence-electron chi connectivity index (χ3n) is 2.67.